The molecule has 1 heterocycles. The van der Waals surface area contributed by atoms with Crippen molar-refractivity contribution in [3.8, 4) is 0 Å². The highest BCUT2D eigenvalue weighted by molar-refractivity contribution is 6.47. The minimum Gasteiger partial charge on any atom is -0.403 e. The number of benzene rings is 1. The maximum atomic E-state index is 6.24. The van der Waals surface area contributed by atoms with Crippen molar-refractivity contribution >= 4 is 7.12 Å². The summed E-state index contributed by atoms with van der Waals surface area (Å²) in [6.07, 6.45) is 3.58. The molecule has 0 amide bonds. The predicted molar refractivity (Wildman–Crippen MR) is 78.2 cm³/mol. The van der Waals surface area contributed by atoms with E-state index in [4.69, 9.17) is 9.31 Å². The molecule has 0 bridgehead atoms. The molecule has 0 spiro atoms. The summed E-state index contributed by atoms with van der Waals surface area (Å²) < 4.78 is 12.5. The summed E-state index contributed by atoms with van der Waals surface area (Å²) in [4.78, 5) is 0. The fourth-order valence-electron chi connectivity index (χ4n) is 3.13. The predicted octanol–water partition coefficient (Wildman–Crippen LogP) is 3.74. The van der Waals surface area contributed by atoms with Crippen LogP contribution in [0.15, 0.2) is 24.3 Å². The van der Waals surface area contributed by atoms with Crippen molar-refractivity contribution in [1.82, 2.24) is 0 Å². The number of aryl methyl sites for hydroxylation is 1. The van der Waals surface area contributed by atoms with E-state index in [1.807, 2.05) is 0 Å². The summed E-state index contributed by atoms with van der Waals surface area (Å²) in [7, 11) is -0.105. The fourth-order valence-corrected chi connectivity index (χ4v) is 3.13. The summed E-state index contributed by atoms with van der Waals surface area (Å²) in [6, 6.07) is 8.74. The van der Waals surface area contributed by atoms with Gasteiger partial charge in [0.2, 0.25) is 0 Å². The molecule has 3 heteroatoms. The van der Waals surface area contributed by atoms with Crippen molar-refractivity contribution in [3.63, 3.8) is 0 Å². The van der Waals surface area contributed by atoms with Gasteiger partial charge >= 0.3 is 7.12 Å². The second-order valence-corrected chi connectivity index (χ2v) is 6.82. The average molecular weight is 258 g/mol. The van der Waals surface area contributed by atoms with Crippen LogP contribution in [0.25, 0.3) is 0 Å². The monoisotopic (exact) mass is 258 g/mol. The first kappa shape index (κ1) is 13.2. The second kappa shape index (κ2) is 4.36. The molecule has 1 aliphatic carbocycles. The van der Waals surface area contributed by atoms with Crippen LogP contribution in [0, 0.1) is 0 Å². The lowest BCUT2D eigenvalue weighted by atomic mass is 9.62. The first-order valence-electron chi connectivity index (χ1n) is 7.34. The Labute approximate surface area is 116 Å². The molecule has 1 aromatic carbocycles. The van der Waals surface area contributed by atoms with Gasteiger partial charge in [-0.15, -0.1) is 0 Å². The van der Waals surface area contributed by atoms with Crippen molar-refractivity contribution in [3.05, 3.63) is 35.4 Å². The third kappa shape index (κ3) is 2.13. The maximum absolute atomic E-state index is 6.24. The molecular formula is C16H23BO2. The molecule has 1 saturated heterocycles. The second-order valence-electron chi connectivity index (χ2n) is 6.82. The normalized spacial score (nSPS) is 28.2. The topological polar surface area (TPSA) is 18.5 Å². The van der Waals surface area contributed by atoms with Crippen molar-refractivity contribution in [2.75, 3.05) is 0 Å². The summed E-state index contributed by atoms with van der Waals surface area (Å²) in [5.74, 6) is 0.381. The maximum Gasteiger partial charge on any atom is 0.465 e. The number of rotatable bonds is 1. The van der Waals surface area contributed by atoms with Crippen molar-refractivity contribution in [1.29, 1.82) is 0 Å². The summed E-state index contributed by atoms with van der Waals surface area (Å²) in [5.41, 5.74) is 2.43. The quantitative estimate of drug-likeness (QED) is 0.714. The largest absolute Gasteiger partial charge is 0.465 e. The van der Waals surface area contributed by atoms with E-state index in [2.05, 4.69) is 52.0 Å². The zero-order valence-corrected chi connectivity index (χ0v) is 12.4. The average Bonchev–Trinajstić information content (AvgIpc) is 2.58. The molecule has 1 aliphatic heterocycles. The molecule has 2 aliphatic rings. The molecule has 102 valence electrons. The lowest BCUT2D eigenvalue weighted by Crippen LogP contribution is -2.41. The molecule has 0 aromatic heterocycles. The standard InChI is InChI=1S/C16H23BO2/c1-15(2)16(3,4)19-17(18-15)14-11-7-9-12-8-5-6-10-13(12)14/h5-6,8,10,14H,7,9,11H2,1-4H3. The first-order valence-corrected chi connectivity index (χ1v) is 7.34. The van der Waals surface area contributed by atoms with E-state index >= 15 is 0 Å². The van der Waals surface area contributed by atoms with E-state index < -0.39 is 0 Å². The van der Waals surface area contributed by atoms with Crippen LogP contribution in [0.2, 0.25) is 0 Å². The fraction of sp³-hybridized carbons (Fsp3) is 0.625. The van der Waals surface area contributed by atoms with Gasteiger partial charge in [0.25, 0.3) is 0 Å². The third-order valence-electron chi connectivity index (χ3n) is 5.02. The highest BCUT2D eigenvalue weighted by Crippen LogP contribution is 2.44. The highest BCUT2D eigenvalue weighted by Gasteiger charge is 2.54. The molecule has 0 N–H and O–H groups in total. The molecule has 1 atom stereocenters. The highest BCUT2D eigenvalue weighted by atomic mass is 16.7. The van der Waals surface area contributed by atoms with E-state index in [1.165, 1.54) is 24.0 Å². The van der Waals surface area contributed by atoms with E-state index in [1.54, 1.807) is 0 Å². The summed E-state index contributed by atoms with van der Waals surface area (Å²) >= 11 is 0. The van der Waals surface area contributed by atoms with E-state index in [9.17, 15) is 0 Å². The molecular weight excluding hydrogens is 235 g/mol. The van der Waals surface area contributed by atoms with Crippen molar-refractivity contribution < 1.29 is 9.31 Å². The Balaban J connectivity index is 1.90. The molecule has 1 unspecified atom stereocenters. The summed E-state index contributed by atoms with van der Waals surface area (Å²) in [6.45, 7) is 8.51. The zero-order valence-electron chi connectivity index (χ0n) is 12.4. The Morgan fingerprint density at radius 2 is 1.68 bits per heavy atom. The minimum absolute atomic E-state index is 0.105. The molecule has 0 saturated carbocycles. The Hall–Kier alpha value is -0.795. The Morgan fingerprint density at radius 1 is 1.05 bits per heavy atom. The van der Waals surface area contributed by atoms with Crippen LogP contribution in [0.4, 0.5) is 0 Å². The number of hydrogen-bond acceptors (Lipinski definition) is 2. The van der Waals surface area contributed by atoms with Crippen LogP contribution < -0.4 is 0 Å². The van der Waals surface area contributed by atoms with Crippen LogP contribution in [-0.4, -0.2) is 18.3 Å². The van der Waals surface area contributed by atoms with Gasteiger partial charge in [-0.3, -0.25) is 0 Å². The summed E-state index contributed by atoms with van der Waals surface area (Å²) in [5, 5.41) is 0. The first-order chi connectivity index (χ1) is 8.91. The molecule has 3 rings (SSSR count). The Morgan fingerprint density at radius 3 is 2.37 bits per heavy atom. The van der Waals surface area contributed by atoms with Gasteiger partial charge in [-0.25, -0.2) is 0 Å². The van der Waals surface area contributed by atoms with E-state index in [0.717, 1.165) is 6.42 Å². The molecule has 0 radical (unpaired) electrons. The van der Waals surface area contributed by atoms with Crippen molar-refractivity contribution in [2.45, 2.75) is 64.0 Å². The Kier molecular flexibility index (Phi) is 3.03. The van der Waals surface area contributed by atoms with Gasteiger partial charge in [0.05, 0.1) is 11.2 Å². The van der Waals surface area contributed by atoms with Gasteiger partial charge in [0, 0.05) is 5.82 Å². The third-order valence-corrected chi connectivity index (χ3v) is 5.02. The molecule has 1 fully saturated rings. The van der Waals surface area contributed by atoms with Crippen LogP contribution in [-0.2, 0) is 15.7 Å². The molecule has 19 heavy (non-hydrogen) atoms. The van der Waals surface area contributed by atoms with Crippen LogP contribution in [0.1, 0.15) is 57.5 Å². The van der Waals surface area contributed by atoms with Crippen LogP contribution in [0.3, 0.4) is 0 Å². The lowest BCUT2D eigenvalue weighted by molar-refractivity contribution is 0.00578. The minimum atomic E-state index is -0.232. The SMILES string of the molecule is CC1(C)OB(C2CCCc3ccccc32)OC1(C)C. The smallest absolute Gasteiger partial charge is 0.403 e. The van der Waals surface area contributed by atoms with Crippen molar-refractivity contribution in [2.24, 2.45) is 0 Å². The van der Waals surface area contributed by atoms with Gasteiger partial charge in [0.1, 0.15) is 0 Å². The molecule has 1 aromatic rings. The molecule has 2 nitrogen and oxygen atoms in total. The van der Waals surface area contributed by atoms with Crippen LogP contribution in [0.5, 0.6) is 0 Å². The van der Waals surface area contributed by atoms with Gasteiger partial charge < -0.3 is 9.31 Å². The van der Waals surface area contributed by atoms with E-state index in [-0.39, 0.29) is 18.3 Å². The van der Waals surface area contributed by atoms with E-state index in [0.29, 0.717) is 5.82 Å². The van der Waals surface area contributed by atoms with Gasteiger partial charge in [-0.2, -0.15) is 0 Å². The Bertz CT molecular complexity index is 465. The van der Waals surface area contributed by atoms with Crippen LogP contribution >= 0.6 is 0 Å². The number of hydrogen-bond donors (Lipinski definition) is 0. The lowest BCUT2D eigenvalue weighted by Gasteiger charge is -2.32. The van der Waals surface area contributed by atoms with Gasteiger partial charge in [-0.05, 0) is 58.1 Å². The zero-order chi connectivity index (χ0) is 13.7. The number of fused-ring (bicyclic) bond motifs is 1. The van der Waals surface area contributed by atoms with Gasteiger partial charge in [0.15, 0.2) is 0 Å². The van der Waals surface area contributed by atoms with Gasteiger partial charge in [-0.1, -0.05) is 24.3 Å².